The van der Waals surface area contributed by atoms with E-state index in [1.54, 1.807) is 6.92 Å². The maximum Gasteiger partial charge on any atom is 0.133 e. The normalized spacial score (nSPS) is 10.2. The van der Waals surface area contributed by atoms with E-state index in [9.17, 15) is 4.79 Å². The van der Waals surface area contributed by atoms with Crippen LogP contribution in [0.15, 0.2) is 12.2 Å². The zero-order valence-corrected chi connectivity index (χ0v) is 7.20. The average molecular weight is 156 g/mol. The van der Waals surface area contributed by atoms with Crippen molar-refractivity contribution in [1.29, 1.82) is 0 Å². The predicted molar refractivity (Wildman–Crippen MR) is 47.3 cm³/mol. The first-order valence-corrected chi connectivity index (χ1v) is 3.67. The van der Waals surface area contributed by atoms with E-state index in [0.717, 1.165) is 11.3 Å². The Morgan fingerprint density at radius 1 is 1.30 bits per heavy atom. The molecule has 0 fully saturated rings. The van der Waals surface area contributed by atoms with Gasteiger partial charge in [-0.3, -0.25) is 4.79 Å². The number of allylic oxidation sites excluding steroid dienone is 2. The summed E-state index contributed by atoms with van der Waals surface area (Å²) in [5, 5.41) is 0. The van der Waals surface area contributed by atoms with Gasteiger partial charge in [0.1, 0.15) is 5.78 Å². The van der Waals surface area contributed by atoms with Crippen LogP contribution < -0.4 is 0 Å². The van der Waals surface area contributed by atoms with Gasteiger partial charge in [-0.25, -0.2) is 0 Å². The third-order valence-corrected chi connectivity index (χ3v) is 1.14. The van der Waals surface area contributed by atoms with Gasteiger partial charge in [0.15, 0.2) is 0 Å². The minimum absolute atomic E-state index is 0.193. The molecule has 0 unspecified atom stereocenters. The average Bonchev–Trinajstić information content (AvgIpc) is 1.79. The number of carbonyl (C=O) groups is 1. The monoisotopic (exact) mass is 156 g/mol. The van der Waals surface area contributed by atoms with Crippen LogP contribution in [0.4, 0.5) is 0 Å². The van der Waals surface area contributed by atoms with Gasteiger partial charge in [-0.05, 0) is 25.1 Å². The van der Waals surface area contributed by atoms with Gasteiger partial charge in [-0.15, -0.1) is 0 Å². The van der Waals surface area contributed by atoms with Crippen molar-refractivity contribution in [2.75, 3.05) is 0 Å². The zero-order valence-electron chi connectivity index (χ0n) is 6.39. The molecular weight excluding hydrogens is 144 g/mol. The molecule has 0 bridgehead atoms. The number of thiocarbonyl (C=S) groups is 1. The zero-order chi connectivity index (χ0) is 7.98. The molecule has 0 aliphatic heterocycles. The van der Waals surface area contributed by atoms with Crippen molar-refractivity contribution in [1.82, 2.24) is 0 Å². The number of hydrogen-bond donors (Lipinski definition) is 0. The summed E-state index contributed by atoms with van der Waals surface area (Å²) >= 11 is 4.84. The second kappa shape index (κ2) is 5.30. The smallest absolute Gasteiger partial charge is 0.133 e. The van der Waals surface area contributed by atoms with Gasteiger partial charge in [0, 0.05) is 6.42 Å². The third-order valence-electron chi connectivity index (χ3n) is 0.977. The summed E-state index contributed by atoms with van der Waals surface area (Å²) in [6.07, 6.45) is 5.13. The van der Waals surface area contributed by atoms with E-state index < -0.39 is 0 Å². The molecule has 0 saturated carbocycles. The van der Waals surface area contributed by atoms with Crippen molar-refractivity contribution in [3.8, 4) is 0 Å². The Hall–Kier alpha value is -0.500. The van der Waals surface area contributed by atoms with Gasteiger partial charge < -0.3 is 0 Å². The van der Waals surface area contributed by atoms with E-state index in [2.05, 4.69) is 0 Å². The van der Waals surface area contributed by atoms with Crippen LogP contribution in [-0.4, -0.2) is 10.6 Å². The van der Waals surface area contributed by atoms with Crippen LogP contribution >= 0.6 is 12.2 Å². The Morgan fingerprint density at radius 3 is 2.20 bits per heavy atom. The molecule has 0 aliphatic carbocycles. The highest BCUT2D eigenvalue weighted by Crippen LogP contribution is 1.90. The Morgan fingerprint density at radius 2 is 1.80 bits per heavy atom. The molecule has 0 rings (SSSR count). The molecule has 0 saturated heterocycles. The Kier molecular flexibility index (Phi) is 5.03. The highest BCUT2D eigenvalue weighted by Gasteiger charge is 1.85. The molecule has 0 atom stereocenters. The van der Waals surface area contributed by atoms with Crippen LogP contribution in [0.2, 0.25) is 0 Å². The largest absolute Gasteiger partial charge is 0.300 e. The van der Waals surface area contributed by atoms with Gasteiger partial charge in [0.2, 0.25) is 0 Å². The van der Waals surface area contributed by atoms with Crippen molar-refractivity contribution >= 4 is 22.9 Å². The lowest BCUT2D eigenvalue weighted by molar-refractivity contribution is -0.116. The topological polar surface area (TPSA) is 17.1 Å². The Balaban J connectivity index is 3.38. The van der Waals surface area contributed by atoms with Crippen molar-refractivity contribution in [2.24, 2.45) is 0 Å². The fourth-order valence-corrected chi connectivity index (χ4v) is 0.595. The highest BCUT2D eigenvalue weighted by atomic mass is 32.1. The van der Waals surface area contributed by atoms with E-state index >= 15 is 0 Å². The standard InChI is InChI=1S/C8H12OS/c1-7(9)5-3-4-6-8(2)10/h3-4H,5-6H2,1-2H3. The Labute approximate surface area is 67.1 Å². The van der Waals surface area contributed by atoms with Crippen LogP contribution in [0.1, 0.15) is 26.7 Å². The summed E-state index contributed by atoms with van der Waals surface area (Å²) in [5.41, 5.74) is 0. The molecule has 0 aromatic carbocycles. The molecule has 0 aromatic rings. The summed E-state index contributed by atoms with van der Waals surface area (Å²) in [5.74, 6) is 0.193. The van der Waals surface area contributed by atoms with Crippen LogP contribution in [0, 0.1) is 0 Å². The predicted octanol–water partition coefficient (Wildman–Crippen LogP) is 2.30. The minimum atomic E-state index is 0.193. The first-order valence-electron chi connectivity index (χ1n) is 3.27. The molecule has 0 aliphatic rings. The fraction of sp³-hybridized carbons (Fsp3) is 0.500. The summed E-state index contributed by atoms with van der Waals surface area (Å²) < 4.78 is 0. The van der Waals surface area contributed by atoms with E-state index in [-0.39, 0.29) is 5.78 Å². The molecule has 0 spiro atoms. The van der Waals surface area contributed by atoms with Crippen LogP contribution in [0.5, 0.6) is 0 Å². The van der Waals surface area contributed by atoms with E-state index in [4.69, 9.17) is 12.2 Å². The molecule has 0 radical (unpaired) electrons. The van der Waals surface area contributed by atoms with Crippen LogP contribution in [0.25, 0.3) is 0 Å². The number of ketones is 1. The molecule has 1 nitrogen and oxygen atoms in total. The second-order valence-electron chi connectivity index (χ2n) is 2.28. The lowest BCUT2D eigenvalue weighted by Gasteiger charge is -1.86. The number of carbonyl (C=O) groups excluding carboxylic acids is 1. The van der Waals surface area contributed by atoms with Gasteiger partial charge in [-0.2, -0.15) is 0 Å². The van der Waals surface area contributed by atoms with Gasteiger partial charge >= 0.3 is 0 Å². The van der Waals surface area contributed by atoms with Crippen LogP contribution in [-0.2, 0) is 4.79 Å². The summed E-state index contributed by atoms with van der Waals surface area (Å²) in [7, 11) is 0. The lowest BCUT2D eigenvalue weighted by atomic mass is 10.2. The van der Waals surface area contributed by atoms with E-state index in [1.165, 1.54) is 0 Å². The molecule has 0 N–H and O–H groups in total. The quantitative estimate of drug-likeness (QED) is 0.459. The summed E-state index contributed by atoms with van der Waals surface area (Å²) in [6.45, 7) is 3.47. The molecular formula is C8H12OS. The maximum atomic E-state index is 10.4. The number of Topliss-reactive ketones (excluding diaryl/α,β-unsaturated/α-hetero) is 1. The SMILES string of the molecule is CC(=O)CC=CCC(C)=S. The summed E-state index contributed by atoms with van der Waals surface area (Å²) in [4.78, 5) is 11.4. The Bertz CT molecular complexity index is 141. The van der Waals surface area contributed by atoms with Gasteiger partial charge in [0.05, 0.1) is 0 Å². The molecule has 10 heavy (non-hydrogen) atoms. The van der Waals surface area contributed by atoms with E-state index in [0.29, 0.717) is 6.42 Å². The molecule has 56 valence electrons. The first-order chi connectivity index (χ1) is 4.63. The minimum Gasteiger partial charge on any atom is -0.300 e. The van der Waals surface area contributed by atoms with Crippen molar-refractivity contribution in [3.05, 3.63) is 12.2 Å². The fourth-order valence-electron chi connectivity index (χ4n) is 0.499. The van der Waals surface area contributed by atoms with Crippen LogP contribution in [0.3, 0.4) is 0 Å². The van der Waals surface area contributed by atoms with Gasteiger partial charge in [-0.1, -0.05) is 24.4 Å². The molecule has 0 heterocycles. The van der Waals surface area contributed by atoms with Crippen molar-refractivity contribution < 1.29 is 4.79 Å². The third kappa shape index (κ3) is 7.50. The first kappa shape index (κ1) is 9.50. The molecule has 0 aromatic heterocycles. The molecule has 0 amide bonds. The number of hydrogen-bond acceptors (Lipinski definition) is 2. The van der Waals surface area contributed by atoms with Gasteiger partial charge in [0.25, 0.3) is 0 Å². The molecule has 2 heteroatoms. The van der Waals surface area contributed by atoms with E-state index in [1.807, 2.05) is 19.1 Å². The van der Waals surface area contributed by atoms with Crippen molar-refractivity contribution in [3.63, 3.8) is 0 Å². The number of rotatable bonds is 4. The lowest BCUT2D eigenvalue weighted by Crippen LogP contribution is -1.85. The second-order valence-corrected chi connectivity index (χ2v) is 2.98. The highest BCUT2D eigenvalue weighted by molar-refractivity contribution is 7.80. The summed E-state index contributed by atoms with van der Waals surface area (Å²) in [6, 6.07) is 0. The van der Waals surface area contributed by atoms with Crippen molar-refractivity contribution in [2.45, 2.75) is 26.7 Å². The maximum absolute atomic E-state index is 10.4.